The number of benzene rings is 2. The van der Waals surface area contributed by atoms with E-state index in [1.165, 1.54) is 0 Å². The second-order valence-electron chi connectivity index (χ2n) is 7.92. The molecule has 2 aromatic carbocycles. The van der Waals surface area contributed by atoms with Crippen molar-refractivity contribution in [1.82, 2.24) is 9.62 Å². The van der Waals surface area contributed by atoms with Crippen molar-refractivity contribution >= 4 is 33.2 Å². The van der Waals surface area contributed by atoms with Crippen LogP contribution in [0, 0.1) is 0 Å². The molecule has 5 nitrogen and oxygen atoms in total. The Morgan fingerprint density at radius 1 is 1.19 bits per heavy atom. The summed E-state index contributed by atoms with van der Waals surface area (Å²) in [5.41, 5.74) is -0.162. The summed E-state index contributed by atoms with van der Waals surface area (Å²) in [4.78, 5) is 1.61. The molecule has 0 radical (unpaired) electrons. The summed E-state index contributed by atoms with van der Waals surface area (Å²) in [5.74, 6) is 0.417. The van der Waals surface area contributed by atoms with Crippen LogP contribution < -0.4 is 9.46 Å². The van der Waals surface area contributed by atoms with Gasteiger partial charge in [0.1, 0.15) is 0 Å². The predicted octanol–water partition coefficient (Wildman–Crippen LogP) is 5.35. The van der Waals surface area contributed by atoms with Crippen molar-refractivity contribution in [3.8, 4) is 5.75 Å². The van der Waals surface area contributed by atoms with E-state index in [1.54, 1.807) is 12.1 Å². The Balaban J connectivity index is 1.65. The minimum atomic E-state index is -4.62. The number of sulfonamides is 1. The second kappa shape index (κ2) is 9.77. The number of rotatable bonds is 7. The quantitative estimate of drug-likeness (QED) is 0.545. The van der Waals surface area contributed by atoms with Crippen molar-refractivity contribution < 1.29 is 26.3 Å². The zero-order valence-corrected chi connectivity index (χ0v) is 19.7. The third-order valence-electron chi connectivity index (χ3n) is 4.88. The second-order valence-corrected chi connectivity index (χ2v) is 10.5. The number of ether oxygens (including phenoxy) is 1. The molecule has 0 aliphatic carbocycles. The number of halogens is 5. The molecule has 0 amide bonds. The van der Waals surface area contributed by atoms with Crippen molar-refractivity contribution in [1.29, 1.82) is 0 Å². The molecule has 32 heavy (non-hydrogen) atoms. The molecule has 1 N–H and O–H groups in total. The van der Waals surface area contributed by atoms with Gasteiger partial charge in [0.25, 0.3) is 0 Å². The topological polar surface area (TPSA) is 58.6 Å². The van der Waals surface area contributed by atoms with Gasteiger partial charge in [0.05, 0.1) is 26.6 Å². The Kier molecular flexibility index (Phi) is 7.66. The van der Waals surface area contributed by atoms with Crippen molar-refractivity contribution in [3.63, 3.8) is 0 Å². The molecule has 1 atom stereocenters. The van der Waals surface area contributed by atoms with E-state index in [0.29, 0.717) is 47.9 Å². The lowest BCUT2D eigenvalue weighted by atomic mass is 10.2. The SMILES string of the molecule is CC(C)Oc1c(Cl)cc(CN2CC[C@@H](NS(=O)(=O)c3cccc(C(F)(F)F)c3)C2)cc1Cl. The van der Waals surface area contributed by atoms with Crippen LogP contribution in [0.5, 0.6) is 5.75 Å². The van der Waals surface area contributed by atoms with Crippen LogP contribution in [0.1, 0.15) is 31.4 Å². The molecule has 0 aromatic heterocycles. The van der Waals surface area contributed by atoms with Gasteiger partial charge in [-0.1, -0.05) is 29.3 Å². The van der Waals surface area contributed by atoms with E-state index in [1.807, 2.05) is 18.7 Å². The first-order valence-corrected chi connectivity index (χ1v) is 12.2. The number of likely N-dealkylation sites (tertiary alicyclic amines) is 1. The molecule has 3 rings (SSSR count). The smallest absolute Gasteiger partial charge is 0.416 e. The van der Waals surface area contributed by atoms with E-state index < -0.39 is 32.7 Å². The standard InChI is InChI=1S/C21H23Cl2F3N2O3S/c1-13(2)31-20-18(22)8-14(9-19(20)23)11-28-7-6-16(12-28)27-32(29,30)17-5-3-4-15(10-17)21(24,25)26/h3-5,8-10,13,16,27H,6-7,11-12H2,1-2H3/t16-/m1/s1. The van der Waals surface area contributed by atoms with E-state index in [0.717, 1.165) is 23.8 Å². The molecule has 1 heterocycles. The van der Waals surface area contributed by atoms with Crippen molar-refractivity contribution in [2.75, 3.05) is 13.1 Å². The summed E-state index contributed by atoms with van der Waals surface area (Å²) < 4.78 is 72.1. The Bertz CT molecular complexity index is 1060. The normalized spacial score (nSPS) is 17.8. The molecule has 1 aliphatic heterocycles. The van der Waals surface area contributed by atoms with Crippen LogP contribution in [0.4, 0.5) is 13.2 Å². The van der Waals surface area contributed by atoms with Crippen molar-refractivity contribution in [2.45, 2.75) is 50.0 Å². The Hall–Kier alpha value is -1.52. The molecule has 2 aromatic rings. The lowest BCUT2D eigenvalue weighted by Crippen LogP contribution is -2.37. The monoisotopic (exact) mass is 510 g/mol. The molecule has 0 spiro atoms. The Morgan fingerprint density at radius 2 is 1.84 bits per heavy atom. The van der Waals surface area contributed by atoms with E-state index in [4.69, 9.17) is 27.9 Å². The summed E-state index contributed by atoms with van der Waals surface area (Å²) in [6, 6.07) is 6.79. The fourth-order valence-electron chi connectivity index (χ4n) is 3.51. The first-order valence-electron chi connectivity index (χ1n) is 9.91. The highest BCUT2D eigenvalue weighted by atomic mass is 35.5. The van der Waals surface area contributed by atoms with Gasteiger partial charge in [-0.2, -0.15) is 13.2 Å². The van der Waals surface area contributed by atoms with Crippen LogP contribution in [0.2, 0.25) is 10.0 Å². The highest BCUT2D eigenvalue weighted by molar-refractivity contribution is 7.89. The molecule has 0 saturated carbocycles. The molecule has 1 aliphatic rings. The molecule has 1 fully saturated rings. The van der Waals surface area contributed by atoms with Gasteiger partial charge in [-0.3, -0.25) is 4.90 Å². The fraction of sp³-hybridized carbons (Fsp3) is 0.429. The summed E-state index contributed by atoms with van der Waals surface area (Å²) in [7, 11) is -4.09. The van der Waals surface area contributed by atoms with Crippen molar-refractivity contribution in [2.24, 2.45) is 0 Å². The van der Waals surface area contributed by atoms with E-state index in [-0.39, 0.29) is 6.10 Å². The number of hydrogen-bond acceptors (Lipinski definition) is 4. The molecule has 176 valence electrons. The lowest BCUT2D eigenvalue weighted by Gasteiger charge is -2.19. The summed E-state index contributed by atoms with van der Waals surface area (Å²) in [6.07, 6.45) is -4.18. The van der Waals surface area contributed by atoms with Gasteiger partial charge in [0.2, 0.25) is 10.0 Å². The van der Waals surface area contributed by atoms with E-state index in [9.17, 15) is 21.6 Å². The van der Waals surface area contributed by atoms with Crippen LogP contribution in [0.15, 0.2) is 41.3 Å². The number of hydrogen-bond donors (Lipinski definition) is 1. The molecule has 0 bridgehead atoms. The average Bonchev–Trinajstić information content (AvgIpc) is 3.10. The number of alkyl halides is 3. The minimum absolute atomic E-state index is 0.0833. The first-order chi connectivity index (χ1) is 14.8. The molecule has 1 saturated heterocycles. The maximum atomic E-state index is 12.9. The van der Waals surface area contributed by atoms with Gasteiger partial charge in [0.15, 0.2) is 5.75 Å². The molecule has 11 heteroatoms. The predicted molar refractivity (Wildman–Crippen MR) is 118 cm³/mol. The first kappa shape index (κ1) is 25.1. The Morgan fingerprint density at radius 3 is 2.44 bits per heavy atom. The van der Waals surface area contributed by atoms with Gasteiger partial charge in [-0.25, -0.2) is 13.1 Å². The number of nitrogens with one attached hydrogen (secondary N) is 1. The van der Waals surface area contributed by atoms with E-state index in [2.05, 4.69) is 4.72 Å². The minimum Gasteiger partial charge on any atom is -0.488 e. The average molecular weight is 511 g/mol. The molecular weight excluding hydrogens is 488 g/mol. The van der Waals surface area contributed by atoms with Gasteiger partial charge in [0, 0.05) is 25.7 Å². The fourth-order valence-corrected chi connectivity index (χ4v) is 5.44. The summed E-state index contributed by atoms with van der Waals surface area (Å²) >= 11 is 12.6. The maximum absolute atomic E-state index is 12.9. The van der Waals surface area contributed by atoms with E-state index >= 15 is 0 Å². The van der Waals surface area contributed by atoms with Gasteiger partial charge >= 0.3 is 6.18 Å². The highest BCUT2D eigenvalue weighted by Gasteiger charge is 2.33. The molecule has 0 unspecified atom stereocenters. The zero-order valence-electron chi connectivity index (χ0n) is 17.4. The van der Waals surface area contributed by atoms with Gasteiger partial charge in [-0.15, -0.1) is 0 Å². The number of nitrogens with zero attached hydrogens (tertiary/aromatic N) is 1. The summed E-state index contributed by atoms with van der Waals surface area (Å²) in [6.45, 7) is 5.23. The van der Waals surface area contributed by atoms with Gasteiger partial charge in [-0.05, 0) is 56.2 Å². The third-order valence-corrected chi connectivity index (χ3v) is 6.96. The largest absolute Gasteiger partial charge is 0.488 e. The van der Waals surface area contributed by atoms with Gasteiger partial charge < -0.3 is 4.74 Å². The third kappa shape index (κ3) is 6.29. The Labute approximate surface area is 195 Å². The van der Waals surface area contributed by atoms with Crippen LogP contribution in [0.3, 0.4) is 0 Å². The van der Waals surface area contributed by atoms with Crippen LogP contribution in [0.25, 0.3) is 0 Å². The highest BCUT2D eigenvalue weighted by Crippen LogP contribution is 2.35. The summed E-state index contributed by atoms with van der Waals surface area (Å²) in [5, 5.41) is 0.782. The zero-order chi connectivity index (χ0) is 23.7. The van der Waals surface area contributed by atoms with Crippen LogP contribution in [-0.2, 0) is 22.7 Å². The van der Waals surface area contributed by atoms with Crippen molar-refractivity contribution in [3.05, 3.63) is 57.6 Å². The van der Waals surface area contributed by atoms with Crippen LogP contribution in [-0.4, -0.2) is 38.6 Å². The maximum Gasteiger partial charge on any atom is 0.416 e. The lowest BCUT2D eigenvalue weighted by molar-refractivity contribution is -0.137. The molecular formula is C21H23Cl2F3N2O3S. The van der Waals surface area contributed by atoms with Crippen LogP contribution >= 0.6 is 23.2 Å².